The van der Waals surface area contributed by atoms with Gasteiger partial charge in [0, 0.05) is 22.8 Å². The molecule has 40 heavy (non-hydrogen) atoms. The molecule has 0 spiro atoms. The average Bonchev–Trinajstić information content (AvgIpc) is 3.74. The quantitative estimate of drug-likeness (QED) is 0.157. The molecular weight excluding hydrogens is 587 g/mol. The van der Waals surface area contributed by atoms with Crippen LogP contribution in [-0.4, -0.2) is 47.3 Å². The molecule has 3 aromatic heterocycles. The van der Waals surface area contributed by atoms with Gasteiger partial charge >= 0.3 is 6.09 Å². The van der Waals surface area contributed by atoms with E-state index in [1.807, 2.05) is 65.4 Å². The molecule has 2 N–H and O–H groups in total. The summed E-state index contributed by atoms with van der Waals surface area (Å²) in [6.07, 6.45) is -0.0718. The highest BCUT2D eigenvalue weighted by molar-refractivity contribution is 7.91. The predicted octanol–water partition coefficient (Wildman–Crippen LogP) is 6.10. The van der Waals surface area contributed by atoms with Crippen molar-refractivity contribution >= 4 is 56.0 Å². The number of benzene rings is 1. The van der Waals surface area contributed by atoms with Gasteiger partial charge in [-0.25, -0.2) is 13.2 Å². The zero-order valence-corrected chi connectivity index (χ0v) is 25.0. The molecule has 4 rings (SSSR count). The van der Waals surface area contributed by atoms with Gasteiger partial charge in [-0.1, -0.05) is 48.5 Å². The number of sulfonamides is 1. The number of nitrogens with zero attached hydrogens (tertiary/aromatic N) is 2. The molecule has 8 nitrogen and oxygen atoms in total. The highest BCUT2D eigenvalue weighted by Crippen LogP contribution is 2.24. The summed E-state index contributed by atoms with van der Waals surface area (Å²) in [7, 11) is -3.69. The van der Waals surface area contributed by atoms with Crippen LogP contribution in [0.1, 0.15) is 34.6 Å². The molecule has 12 heteroatoms. The number of thiophene rings is 3. The van der Waals surface area contributed by atoms with Crippen LogP contribution in [0, 0.1) is 0 Å². The highest BCUT2D eigenvalue weighted by Gasteiger charge is 2.28. The fraction of sp³-hybridized carbons (Fsp3) is 0.286. The van der Waals surface area contributed by atoms with Crippen LogP contribution < -0.4 is 5.32 Å². The van der Waals surface area contributed by atoms with Crippen LogP contribution in [0.3, 0.4) is 0 Å². The molecule has 4 aromatic rings. The topological polar surface area (TPSA) is 107 Å². The number of amides is 2. The summed E-state index contributed by atoms with van der Waals surface area (Å²) in [6, 6.07) is 19.5. The Balaban J connectivity index is 1.43. The number of hydrogen-bond donors (Lipinski definition) is 2. The molecule has 0 unspecified atom stereocenters. The standard InChI is InChI=1S/C28H31N3O5S4/c32-27(30(20-23-11-6-16-37-23)21-24-12-7-17-38-24)25(29-28(33)34)13-4-5-15-31(19-22-9-2-1-3-10-22)40(35,36)26-14-8-18-39-26/h1-3,6-12,14,16-18,25,29H,4-5,13,15,19-21H2,(H,33,34)/t25-/m0/s1. The lowest BCUT2D eigenvalue weighted by atomic mass is 10.1. The maximum atomic E-state index is 13.6. The number of hydrogen-bond acceptors (Lipinski definition) is 7. The van der Waals surface area contributed by atoms with E-state index in [-0.39, 0.29) is 29.6 Å². The normalized spacial score (nSPS) is 12.3. The Morgan fingerprint density at radius 3 is 1.98 bits per heavy atom. The summed E-state index contributed by atoms with van der Waals surface area (Å²) in [4.78, 5) is 28.9. The molecule has 212 valence electrons. The van der Waals surface area contributed by atoms with Gasteiger partial charge in [-0.2, -0.15) is 4.31 Å². The van der Waals surface area contributed by atoms with E-state index in [2.05, 4.69) is 5.32 Å². The van der Waals surface area contributed by atoms with Crippen LogP contribution in [0.15, 0.2) is 87.1 Å². The Bertz CT molecular complexity index is 1390. The van der Waals surface area contributed by atoms with Crippen LogP contribution in [-0.2, 0) is 34.5 Å². The summed E-state index contributed by atoms with van der Waals surface area (Å²) in [5.74, 6) is -0.295. The lowest BCUT2D eigenvalue weighted by molar-refractivity contribution is -0.134. The molecule has 3 heterocycles. The van der Waals surface area contributed by atoms with E-state index in [9.17, 15) is 23.1 Å². The van der Waals surface area contributed by atoms with Gasteiger partial charge in [0.15, 0.2) is 0 Å². The Labute approximate surface area is 246 Å². The number of unbranched alkanes of at least 4 members (excludes halogenated alkanes) is 1. The second-order valence-electron chi connectivity index (χ2n) is 9.11. The van der Waals surface area contributed by atoms with Crippen molar-refractivity contribution in [2.75, 3.05) is 6.54 Å². The molecule has 0 aliphatic rings. The van der Waals surface area contributed by atoms with Crippen molar-refractivity contribution < 1.29 is 23.1 Å². The first-order chi connectivity index (χ1) is 19.3. The van der Waals surface area contributed by atoms with Gasteiger partial charge in [0.1, 0.15) is 10.3 Å². The first kappa shape index (κ1) is 29.9. The summed E-state index contributed by atoms with van der Waals surface area (Å²) >= 11 is 4.27. The van der Waals surface area contributed by atoms with Crippen LogP contribution in [0.4, 0.5) is 4.79 Å². The summed E-state index contributed by atoms with van der Waals surface area (Å²) in [5.41, 5.74) is 0.876. The van der Waals surface area contributed by atoms with Gasteiger partial charge in [0.25, 0.3) is 10.0 Å². The summed E-state index contributed by atoms with van der Waals surface area (Å²) in [5, 5.41) is 17.5. The van der Waals surface area contributed by atoms with Crippen LogP contribution in [0.25, 0.3) is 0 Å². The van der Waals surface area contributed by atoms with Crippen LogP contribution >= 0.6 is 34.0 Å². The third-order valence-corrected chi connectivity index (χ3v) is 11.1. The Morgan fingerprint density at radius 2 is 1.43 bits per heavy atom. The Morgan fingerprint density at radius 1 is 0.800 bits per heavy atom. The van der Waals surface area contributed by atoms with Crippen molar-refractivity contribution in [2.24, 2.45) is 0 Å². The third-order valence-electron chi connectivity index (χ3n) is 6.20. The molecule has 0 aliphatic carbocycles. The smallest absolute Gasteiger partial charge is 0.405 e. The number of carbonyl (C=O) groups excluding carboxylic acids is 1. The van der Waals surface area contributed by atoms with E-state index in [1.165, 1.54) is 15.6 Å². The fourth-order valence-corrected chi connectivity index (χ4v) is 8.32. The van der Waals surface area contributed by atoms with Crippen LogP contribution in [0.2, 0.25) is 0 Å². The minimum atomic E-state index is -3.69. The molecule has 0 radical (unpaired) electrons. The number of carbonyl (C=O) groups is 2. The maximum absolute atomic E-state index is 13.6. The van der Waals surface area contributed by atoms with Crippen molar-refractivity contribution in [3.63, 3.8) is 0 Å². The summed E-state index contributed by atoms with van der Waals surface area (Å²) < 4.78 is 28.5. The Hall–Kier alpha value is -3.03. The van der Waals surface area contributed by atoms with Crippen molar-refractivity contribution in [2.45, 2.75) is 49.1 Å². The number of rotatable bonds is 15. The van der Waals surface area contributed by atoms with Crippen LogP contribution in [0.5, 0.6) is 0 Å². The van der Waals surface area contributed by atoms with Crippen molar-refractivity contribution in [3.8, 4) is 0 Å². The van der Waals surface area contributed by atoms with Crippen molar-refractivity contribution in [3.05, 3.63) is 98.2 Å². The number of nitrogens with one attached hydrogen (secondary N) is 1. The van der Waals surface area contributed by atoms with Crippen molar-refractivity contribution in [1.29, 1.82) is 0 Å². The van der Waals surface area contributed by atoms with E-state index < -0.39 is 22.2 Å². The molecule has 2 amide bonds. The minimum absolute atomic E-state index is 0.228. The molecule has 0 aliphatic heterocycles. The van der Waals surface area contributed by atoms with Gasteiger partial charge < -0.3 is 15.3 Å². The third kappa shape index (κ3) is 8.48. The SMILES string of the molecule is O=C(O)N[C@@H](CCCCN(Cc1ccccc1)S(=O)(=O)c1cccs1)C(=O)N(Cc1cccs1)Cc1cccs1. The average molecular weight is 618 g/mol. The van der Waals surface area contributed by atoms with E-state index in [4.69, 9.17) is 0 Å². The zero-order valence-electron chi connectivity index (χ0n) is 21.7. The lowest BCUT2D eigenvalue weighted by Gasteiger charge is -2.27. The van der Waals surface area contributed by atoms with E-state index in [0.29, 0.717) is 25.9 Å². The molecule has 0 saturated heterocycles. The van der Waals surface area contributed by atoms with E-state index in [0.717, 1.165) is 15.3 Å². The fourth-order valence-electron chi connectivity index (χ4n) is 4.27. The highest BCUT2D eigenvalue weighted by atomic mass is 32.2. The van der Waals surface area contributed by atoms with Gasteiger partial charge in [0.05, 0.1) is 13.1 Å². The molecule has 0 bridgehead atoms. The monoisotopic (exact) mass is 617 g/mol. The lowest BCUT2D eigenvalue weighted by Crippen LogP contribution is -2.47. The van der Waals surface area contributed by atoms with Gasteiger partial charge in [-0.05, 0) is 59.2 Å². The second-order valence-corrected chi connectivity index (χ2v) is 14.3. The number of carboxylic acid groups (broad SMARTS) is 1. The first-order valence-corrected chi connectivity index (χ1v) is 16.8. The molecule has 0 saturated carbocycles. The predicted molar refractivity (Wildman–Crippen MR) is 160 cm³/mol. The van der Waals surface area contributed by atoms with Gasteiger partial charge in [-0.3, -0.25) is 4.79 Å². The molecule has 1 aromatic carbocycles. The largest absolute Gasteiger partial charge is 0.465 e. The molecular formula is C28H31N3O5S4. The second kappa shape index (κ2) is 14.6. The van der Waals surface area contributed by atoms with Gasteiger partial charge in [0.2, 0.25) is 5.91 Å². The minimum Gasteiger partial charge on any atom is -0.465 e. The first-order valence-electron chi connectivity index (χ1n) is 12.7. The van der Waals surface area contributed by atoms with E-state index >= 15 is 0 Å². The van der Waals surface area contributed by atoms with Gasteiger partial charge in [-0.15, -0.1) is 34.0 Å². The molecule has 1 atom stereocenters. The Kier molecular flexibility index (Phi) is 10.9. The van der Waals surface area contributed by atoms with Crippen molar-refractivity contribution in [1.82, 2.24) is 14.5 Å². The summed E-state index contributed by atoms with van der Waals surface area (Å²) in [6.45, 7) is 1.25. The molecule has 0 fully saturated rings. The zero-order chi connectivity index (χ0) is 28.4. The maximum Gasteiger partial charge on any atom is 0.405 e. The van der Waals surface area contributed by atoms with E-state index in [1.54, 1.807) is 45.1 Å².